The molecule has 2 aromatic heterocycles. The van der Waals surface area contributed by atoms with Gasteiger partial charge in [-0.2, -0.15) is 0 Å². The molecular weight excluding hydrogens is 366 g/mol. The fraction of sp³-hybridized carbons (Fsp3) is 0.0526. The van der Waals surface area contributed by atoms with Crippen molar-refractivity contribution in [2.75, 3.05) is 0 Å². The summed E-state index contributed by atoms with van der Waals surface area (Å²) in [4.78, 5) is 17.2. The van der Waals surface area contributed by atoms with E-state index in [4.69, 9.17) is 4.98 Å². The number of rotatable bonds is 2. The molecule has 0 atom stereocenters. The van der Waals surface area contributed by atoms with Gasteiger partial charge in [0.1, 0.15) is 0 Å². The van der Waals surface area contributed by atoms with Gasteiger partial charge in [0.25, 0.3) is 5.56 Å². The zero-order valence-corrected chi connectivity index (χ0v) is 14.5. The van der Waals surface area contributed by atoms with Crippen LogP contribution in [0.15, 0.2) is 70.1 Å². The zero-order valence-electron chi connectivity index (χ0n) is 13.0. The van der Waals surface area contributed by atoms with Gasteiger partial charge in [0.2, 0.25) is 0 Å². The molecule has 0 bridgehead atoms. The Labute approximate surface area is 146 Å². The lowest BCUT2D eigenvalue weighted by Crippen LogP contribution is -2.14. The molecule has 0 spiro atoms. The van der Waals surface area contributed by atoms with Crippen molar-refractivity contribution in [3.63, 3.8) is 0 Å². The fourth-order valence-electron chi connectivity index (χ4n) is 2.72. The number of halogens is 1. The Bertz CT molecular complexity index is 1090. The SMILES string of the molecule is Cc1ccc(-c2cc(=O)n3[nH]cc(-c4cccc(Br)c4)c3n2)cc1. The molecule has 1 N–H and O–H groups in total. The van der Waals surface area contributed by atoms with Crippen LogP contribution in [0.5, 0.6) is 0 Å². The van der Waals surface area contributed by atoms with E-state index < -0.39 is 0 Å². The van der Waals surface area contributed by atoms with Crippen LogP contribution in [0.25, 0.3) is 28.0 Å². The molecule has 5 heteroatoms. The maximum Gasteiger partial charge on any atom is 0.273 e. The van der Waals surface area contributed by atoms with Crippen molar-refractivity contribution < 1.29 is 0 Å². The molecule has 4 aromatic rings. The number of benzene rings is 2. The van der Waals surface area contributed by atoms with Crippen LogP contribution in [-0.4, -0.2) is 14.6 Å². The molecule has 0 unspecified atom stereocenters. The van der Waals surface area contributed by atoms with Gasteiger partial charge in [-0.3, -0.25) is 9.89 Å². The van der Waals surface area contributed by atoms with Crippen LogP contribution in [0.1, 0.15) is 5.56 Å². The van der Waals surface area contributed by atoms with Crippen molar-refractivity contribution in [1.82, 2.24) is 14.6 Å². The monoisotopic (exact) mass is 379 g/mol. The second-order valence-electron chi connectivity index (χ2n) is 5.70. The third kappa shape index (κ3) is 2.57. The topological polar surface area (TPSA) is 50.2 Å². The van der Waals surface area contributed by atoms with E-state index in [-0.39, 0.29) is 5.56 Å². The van der Waals surface area contributed by atoms with Crippen molar-refractivity contribution in [1.29, 1.82) is 0 Å². The first-order valence-corrected chi connectivity index (χ1v) is 8.35. The molecule has 0 fully saturated rings. The molecule has 4 rings (SSSR count). The molecule has 0 amide bonds. The number of hydrogen-bond donors (Lipinski definition) is 1. The van der Waals surface area contributed by atoms with Crippen LogP contribution in [0.4, 0.5) is 0 Å². The highest BCUT2D eigenvalue weighted by atomic mass is 79.9. The highest BCUT2D eigenvalue weighted by molar-refractivity contribution is 9.10. The molecule has 4 nitrogen and oxygen atoms in total. The number of H-pyrrole nitrogens is 1. The van der Waals surface area contributed by atoms with Gasteiger partial charge in [-0.05, 0) is 24.6 Å². The molecular formula is C19H14BrN3O. The van der Waals surface area contributed by atoms with Crippen LogP contribution in [-0.2, 0) is 0 Å². The normalized spacial score (nSPS) is 11.1. The minimum Gasteiger partial charge on any atom is -0.296 e. The lowest BCUT2D eigenvalue weighted by molar-refractivity contribution is 0.901. The largest absolute Gasteiger partial charge is 0.296 e. The quantitative estimate of drug-likeness (QED) is 0.560. The third-order valence-corrected chi connectivity index (χ3v) is 4.47. The summed E-state index contributed by atoms with van der Waals surface area (Å²) < 4.78 is 2.45. The molecule has 118 valence electrons. The average Bonchev–Trinajstić information content (AvgIpc) is 3.00. The van der Waals surface area contributed by atoms with Gasteiger partial charge < -0.3 is 0 Å². The van der Waals surface area contributed by atoms with Gasteiger partial charge in [0.15, 0.2) is 5.65 Å². The Hall–Kier alpha value is -2.66. The van der Waals surface area contributed by atoms with E-state index in [1.807, 2.05) is 61.7 Å². The minimum atomic E-state index is -0.128. The van der Waals surface area contributed by atoms with Crippen LogP contribution >= 0.6 is 15.9 Å². The molecule has 0 aliphatic rings. The lowest BCUT2D eigenvalue weighted by Gasteiger charge is -2.04. The van der Waals surface area contributed by atoms with Crippen molar-refractivity contribution in [3.05, 3.63) is 81.2 Å². The van der Waals surface area contributed by atoms with Crippen LogP contribution < -0.4 is 5.56 Å². The molecule has 24 heavy (non-hydrogen) atoms. The highest BCUT2D eigenvalue weighted by Crippen LogP contribution is 2.26. The van der Waals surface area contributed by atoms with E-state index >= 15 is 0 Å². The van der Waals surface area contributed by atoms with Crippen LogP contribution in [0.3, 0.4) is 0 Å². The van der Waals surface area contributed by atoms with Crippen molar-refractivity contribution in [2.45, 2.75) is 6.92 Å². The molecule has 0 saturated carbocycles. The van der Waals surface area contributed by atoms with E-state index in [9.17, 15) is 4.79 Å². The predicted molar refractivity (Wildman–Crippen MR) is 99.1 cm³/mol. The van der Waals surface area contributed by atoms with Gasteiger partial charge in [-0.1, -0.05) is 57.9 Å². The number of nitrogens with one attached hydrogen (secondary N) is 1. The van der Waals surface area contributed by atoms with Crippen molar-refractivity contribution in [3.8, 4) is 22.4 Å². The summed E-state index contributed by atoms with van der Waals surface area (Å²) in [5.41, 5.74) is 5.16. The first kappa shape index (κ1) is 14.9. The van der Waals surface area contributed by atoms with Crippen LogP contribution in [0, 0.1) is 6.92 Å². The van der Waals surface area contributed by atoms with Gasteiger partial charge in [-0.25, -0.2) is 9.50 Å². The first-order chi connectivity index (χ1) is 11.6. The number of aromatic amines is 1. The van der Waals surface area contributed by atoms with Crippen molar-refractivity contribution in [2.24, 2.45) is 0 Å². The van der Waals surface area contributed by atoms with E-state index in [1.54, 1.807) is 6.07 Å². The van der Waals surface area contributed by atoms with Crippen molar-refractivity contribution >= 4 is 21.6 Å². The Balaban J connectivity index is 1.95. The Morgan fingerprint density at radius 3 is 2.58 bits per heavy atom. The number of hydrogen-bond acceptors (Lipinski definition) is 2. The smallest absolute Gasteiger partial charge is 0.273 e. The highest BCUT2D eigenvalue weighted by Gasteiger charge is 2.12. The summed E-state index contributed by atoms with van der Waals surface area (Å²) >= 11 is 3.49. The zero-order chi connectivity index (χ0) is 16.7. The Kier molecular flexibility index (Phi) is 3.58. The number of nitrogens with zero attached hydrogens (tertiary/aromatic N) is 2. The van der Waals surface area contributed by atoms with Gasteiger partial charge >= 0.3 is 0 Å². The minimum absolute atomic E-state index is 0.128. The summed E-state index contributed by atoms with van der Waals surface area (Å²) in [6, 6.07) is 17.5. The maximum absolute atomic E-state index is 12.4. The summed E-state index contributed by atoms with van der Waals surface area (Å²) in [7, 11) is 0. The second kappa shape index (κ2) is 5.76. The van der Waals surface area contributed by atoms with Crippen LogP contribution in [0.2, 0.25) is 0 Å². The average molecular weight is 380 g/mol. The predicted octanol–water partition coefficient (Wildman–Crippen LogP) is 4.43. The maximum atomic E-state index is 12.4. The van der Waals surface area contributed by atoms with E-state index in [0.717, 1.165) is 21.2 Å². The Morgan fingerprint density at radius 2 is 1.83 bits per heavy atom. The standard InChI is InChI=1S/C19H14BrN3O/c1-12-5-7-13(8-6-12)17-10-18(24)23-19(22-17)16(11-21-23)14-3-2-4-15(20)9-14/h2-11,21H,1H3. The molecule has 2 aromatic carbocycles. The molecule has 0 aliphatic heterocycles. The van der Waals surface area contributed by atoms with Gasteiger partial charge in [-0.15, -0.1) is 0 Å². The second-order valence-corrected chi connectivity index (χ2v) is 6.62. The molecule has 0 radical (unpaired) electrons. The van der Waals surface area contributed by atoms with E-state index in [2.05, 4.69) is 21.0 Å². The molecule has 0 aliphatic carbocycles. The van der Waals surface area contributed by atoms with Gasteiger partial charge in [0.05, 0.1) is 5.69 Å². The summed E-state index contributed by atoms with van der Waals surface area (Å²) in [5.74, 6) is 0. The number of aromatic nitrogens is 3. The Morgan fingerprint density at radius 1 is 1.04 bits per heavy atom. The summed E-state index contributed by atoms with van der Waals surface area (Å²) in [6.07, 6.45) is 1.81. The van der Waals surface area contributed by atoms with Gasteiger partial charge in [0, 0.05) is 27.9 Å². The van der Waals surface area contributed by atoms with E-state index in [1.165, 1.54) is 10.1 Å². The summed E-state index contributed by atoms with van der Waals surface area (Å²) in [5, 5.41) is 2.99. The fourth-order valence-corrected chi connectivity index (χ4v) is 3.12. The first-order valence-electron chi connectivity index (χ1n) is 7.56. The van der Waals surface area contributed by atoms with E-state index in [0.29, 0.717) is 11.3 Å². The molecule has 0 saturated heterocycles. The lowest BCUT2D eigenvalue weighted by atomic mass is 10.1. The third-order valence-electron chi connectivity index (χ3n) is 3.98. The molecule has 2 heterocycles. The number of fused-ring (bicyclic) bond motifs is 1. The number of aryl methyl sites for hydroxylation is 1. The summed E-state index contributed by atoms with van der Waals surface area (Å²) in [6.45, 7) is 2.03.